The summed E-state index contributed by atoms with van der Waals surface area (Å²) in [6, 6.07) is 3.61. The Morgan fingerprint density at radius 3 is 2.42 bits per heavy atom. The summed E-state index contributed by atoms with van der Waals surface area (Å²) in [4.78, 5) is 11.1. The average molecular weight is 287 g/mol. The number of hydrogen-bond donors (Lipinski definition) is 1. The van der Waals surface area contributed by atoms with E-state index in [1.165, 1.54) is 14.2 Å². The first kappa shape index (κ1) is 15.6. The lowest BCUT2D eigenvalue weighted by Gasteiger charge is -2.20. The molecule has 5 heteroatoms. The highest BCUT2D eigenvalue weighted by molar-refractivity contribution is 6.33. The summed E-state index contributed by atoms with van der Waals surface area (Å²) in [5.74, 6) is 0.271. The second-order valence-corrected chi connectivity index (χ2v) is 5.34. The first-order valence-electron chi connectivity index (χ1n) is 5.96. The maximum absolute atomic E-state index is 11.1. The molecule has 0 amide bonds. The second-order valence-electron chi connectivity index (χ2n) is 4.96. The molecule has 19 heavy (non-hydrogen) atoms. The summed E-state index contributed by atoms with van der Waals surface area (Å²) >= 11 is 6.16. The monoisotopic (exact) mass is 286 g/mol. The topological polar surface area (TPSA) is 55.8 Å². The third kappa shape index (κ3) is 3.53. The van der Waals surface area contributed by atoms with E-state index in [-0.39, 0.29) is 0 Å². The van der Waals surface area contributed by atoms with E-state index in [4.69, 9.17) is 26.2 Å². The van der Waals surface area contributed by atoms with E-state index in [9.17, 15) is 4.79 Å². The molecule has 1 rings (SSSR count). The predicted molar refractivity (Wildman–Crippen MR) is 74.3 cm³/mol. The molecule has 1 aromatic carbocycles. The van der Waals surface area contributed by atoms with Gasteiger partial charge in [0.05, 0.1) is 19.6 Å². The van der Waals surface area contributed by atoms with Gasteiger partial charge in [-0.3, -0.25) is 4.79 Å². The van der Waals surface area contributed by atoms with E-state index in [1.807, 2.05) is 6.07 Å². The number of hydrogen-bond acceptors (Lipinski definition) is 3. The molecule has 0 radical (unpaired) electrons. The third-order valence-electron chi connectivity index (χ3n) is 3.17. The van der Waals surface area contributed by atoms with Crippen molar-refractivity contribution in [2.24, 2.45) is 5.41 Å². The van der Waals surface area contributed by atoms with Crippen molar-refractivity contribution in [1.29, 1.82) is 0 Å². The van der Waals surface area contributed by atoms with Crippen LogP contribution in [0.15, 0.2) is 12.1 Å². The van der Waals surface area contributed by atoms with Gasteiger partial charge >= 0.3 is 5.97 Å². The van der Waals surface area contributed by atoms with Crippen LogP contribution in [0.25, 0.3) is 0 Å². The van der Waals surface area contributed by atoms with Crippen molar-refractivity contribution in [2.75, 3.05) is 14.2 Å². The van der Waals surface area contributed by atoms with Gasteiger partial charge in [-0.15, -0.1) is 0 Å². The van der Waals surface area contributed by atoms with Crippen LogP contribution >= 0.6 is 11.6 Å². The average Bonchev–Trinajstić information content (AvgIpc) is 2.36. The maximum Gasteiger partial charge on any atom is 0.309 e. The van der Waals surface area contributed by atoms with Crippen LogP contribution in [0.2, 0.25) is 5.02 Å². The number of halogens is 1. The largest absolute Gasteiger partial charge is 0.495 e. The van der Waals surface area contributed by atoms with Crippen molar-refractivity contribution in [3.8, 4) is 11.5 Å². The molecule has 0 bridgehead atoms. The summed E-state index contributed by atoms with van der Waals surface area (Å²) in [7, 11) is 3.07. The van der Waals surface area contributed by atoms with Crippen LogP contribution in [0.3, 0.4) is 0 Å². The van der Waals surface area contributed by atoms with Gasteiger partial charge in [0.1, 0.15) is 16.5 Å². The number of carboxylic acids is 1. The molecular formula is C14H19ClO4. The third-order valence-corrected chi connectivity index (χ3v) is 3.52. The smallest absolute Gasteiger partial charge is 0.309 e. The quantitative estimate of drug-likeness (QED) is 0.871. The number of carboxylic acid groups (broad SMARTS) is 1. The van der Waals surface area contributed by atoms with Crippen LogP contribution in [-0.4, -0.2) is 25.3 Å². The zero-order valence-electron chi connectivity index (χ0n) is 11.6. The van der Waals surface area contributed by atoms with Crippen LogP contribution in [-0.2, 0) is 11.2 Å². The molecule has 0 heterocycles. The van der Waals surface area contributed by atoms with E-state index < -0.39 is 11.4 Å². The van der Waals surface area contributed by atoms with Gasteiger partial charge in [-0.1, -0.05) is 17.7 Å². The number of rotatable bonds is 6. The molecule has 0 saturated carbocycles. The Bertz CT molecular complexity index is 469. The summed E-state index contributed by atoms with van der Waals surface area (Å²) in [5.41, 5.74) is 0.0971. The lowest BCUT2D eigenvalue weighted by atomic mass is 9.86. The number of aliphatic carboxylic acids is 1. The van der Waals surface area contributed by atoms with Gasteiger partial charge in [0, 0.05) is 0 Å². The predicted octanol–water partition coefficient (Wildman–Crippen LogP) is 3.40. The first-order chi connectivity index (χ1) is 8.83. The van der Waals surface area contributed by atoms with Crippen molar-refractivity contribution in [2.45, 2.75) is 26.7 Å². The molecule has 0 aliphatic carbocycles. The van der Waals surface area contributed by atoms with Gasteiger partial charge in [-0.2, -0.15) is 0 Å². The van der Waals surface area contributed by atoms with Gasteiger partial charge in [-0.05, 0) is 38.3 Å². The van der Waals surface area contributed by atoms with E-state index in [2.05, 4.69) is 0 Å². The highest BCUT2D eigenvalue weighted by atomic mass is 35.5. The number of methoxy groups -OCH3 is 2. The molecule has 0 spiro atoms. The van der Waals surface area contributed by atoms with Crippen LogP contribution in [0.5, 0.6) is 11.5 Å². The van der Waals surface area contributed by atoms with E-state index in [0.717, 1.165) is 5.56 Å². The first-order valence-corrected chi connectivity index (χ1v) is 6.34. The zero-order chi connectivity index (χ0) is 14.6. The van der Waals surface area contributed by atoms with E-state index in [1.54, 1.807) is 19.9 Å². The molecule has 106 valence electrons. The van der Waals surface area contributed by atoms with Gasteiger partial charge < -0.3 is 14.6 Å². The van der Waals surface area contributed by atoms with Gasteiger partial charge in [0.15, 0.2) is 0 Å². The Labute approximate surface area is 118 Å². The molecule has 0 atom stereocenters. The number of benzene rings is 1. The highest BCUT2D eigenvalue weighted by Crippen LogP contribution is 2.38. The SMILES string of the molecule is COc1ccc(CCC(C)(C)C(=O)O)c(OC)c1Cl. The highest BCUT2D eigenvalue weighted by Gasteiger charge is 2.27. The Balaban J connectivity index is 2.96. The fourth-order valence-electron chi connectivity index (χ4n) is 1.71. The maximum atomic E-state index is 11.1. The molecule has 0 unspecified atom stereocenters. The molecule has 4 nitrogen and oxygen atoms in total. The normalized spacial score (nSPS) is 11.2. The lowest BCUT2D eigenvalue weighted by molar-refractivity contribution is -0.147. The van der Waals surface area contributed by atoms with Crippen molar-refractivity contribution >= 4 is 17.6 Å². The Kier molecular flexibility index (Phi) is 5.06. The van der Waals surface area contributed by atoms with Gasteiger partial charge in [0.2, 0.25) is 0 Å². The van der Waals surface area contributed by atoms with Crippen LogP contribution < -0.4 is 9.47 Å². The fourth-order valence-corrected chi connectivity index (χ4v) is 2.05. The summed E-state index contributed by atoms with van der Waals surface area (Å²) in [5, 5.41) is 9.52. The molecule has 0 aromatic heterocycles. The number of aryl methyl sites for hydroxylation is 1. The number of ether oxygens (including phenoxy) is 2. The van der Waals surface area contributed by atoms with Crippen molar-refractivity contribution in [3.63, 3.8) is 0 Å². The zero-order valence-corrected chi connectivity index (χ0v) is 12.4. The Hall–Kier alpha value is -1.42. The molecule has 0 saturated heterocycles. The number of carbonyl (C=O) groups is 1. The molecule has 0 fully saturated rings. The van der Waals surface area contributed by atoms with Crippen LogP contribution in [0, 0.1) is 5.41 Å². The molecule has 0 aliphatic heterocycles. The lowest BCUT2D eigenvalue weighted by Crippen LogP contribution is -2.24. The van der Waals surface area contributed by atoms with Gasteiger partial charge in [0.25, 0.3) is 0 Å². The molecular weight excluding hydrogens is 268 g/mol. The molecule has 0 aliphatic rings. The Morgan fingerprint density at radius 2 is 1.95 bits per heavy atom. The summed E-state index contributed by atoms with van der Waals surface area (Å²) < 4.78 is 10.4. The van der Waals surface area contributed by atoms with Gasteiger partial charge in [-0.25, -0.2) is 0 Å². The fraction of sp³-hybridized carbons (Fsp3) is 0.500. The Morgan fingerprint density at radius 1 is 1.32 bits per heavy atom. The molecule has 1 N–H and O–H groups in total. The van der Waals surface area contributed by atoms with Crippen LogP contribution in [0.1, 0.15) is 25.8 Å². The minimum atomic E-state index is -0.814. The van der Waals surface area contributed by atoms with Crippen molar-refractivity contribution in [1.82, 2.24) is 0 Å². The minimum absolute atomic E-state index is 0.413. The standard InChI is InChI=1S/C14H19ClO4/c1-14(2,13(16)17)8-7-9-5-6-10(18-3)11(15)12(9)19-4/h5-6H,7-8H2,1-4H3,(H,16,17). The van der Waals surface area contributed by atoms with Crippen molar-refractivity contribution < 1.29 is 19.4 Å². The second kappa shape index (κ2) is 6.15. The van der Waals surface area contributed by atoms with E-state index in [0.29, 0.717) is 29.4 Å². The minimum Gasteiger partial charge on any atom is -0.495 e. The molecule has 1 aromatic rings. The van der Waals surface area contributed by atoms with Crippen molar-refractivity contribution in [3.05, 3.63) is 22.7 Å². The summed E-state index contributed by atoms with van der Waals surface area (Å²) in [6.07, 6.45) is 1.08. The van der Waals surface area contributed by atoms with E-state index >= 15 is 0 Å². The summed E-state index contributed by atoms with van der Waals surface area (Å²) in [6.45, 7) is 3.40. The van der Waals surface area contributed by atoms with Crippen LogP contribution in [0.4, 0.5) is 0 Å².